The summed E-state index contributed by atoms with van der Waals surface area (Å²) in [4.78, 5) is 38.1. The first-order chi connectivity index (χ1) is 14.3. The van der Waals surface area contributed by atoms with Crippen molar-refractivity contribution in [3.05, 3.63) is 28.3 Å². The molecule has 1 aromatic carbocycles. The first kappa shape index (κ1) is 24.8. The van der Waals surface area contributed by atoms with Crippen LogP contribution in [0.15, 0.2) is 12.1 Å². The standard InChI is InChI=1S/C20H23ClN2O8.ClH/c1-19(30)5-4-6-13(22)15(26)11(18(23)29)17(28)20(6,31)16(27)9(5)14(25)10-8(24)3-2-7(21)12(10)19;/h2-3,5-6,9,11,13,15-16,24,26-27,30-31H,4,22H2,1H3,(H2,23,29);1H/t5-,6-,9?,11?,13-,15?,16?,19-,20-;/m0./s1. The first-order valence-electron chi connectivity index (χ1n) is 9.74. The van der Waals surface area contributed by atoms with Crippen molar-refractivity contribution in [2.45, 2.75) is 42.8 Å². The number of aliphatic hydroxyl groups is 4. The summed E-state index contributed by atoms with van der Waals surface area (Å²) in [7, 11) is 0. The number of hydrogen-bond donors (Lipinski definition) is 7. The van der Waals surface area contributed by atoms with Crippen LogP contribution in [0, 0.1) is 23.7 Å². The minimum absolute atomic E-state index is 0. The van der Waals surface area contributed by atoms with E-state index in [2.05, 4.69) is 0 Å². The van der Waals surface area contributed by atoms with Gasteiger partial charge in [-0.3, -0.25) is 14.4 Å². The first-order valence-corrected chi connectivity index (χ1v) is 10.1. The molecule has 1 amide bonds. The van der Waals surface area contributed by atoms with E-state index in [1.54, 1.807) is 0 Å². The van der Waals surface area contributed by atoms with Crippen LogP contribution in [-0.2, 0) is 15.2 Å². The number of phenolic OH excluding ortho intramolecular Hbond substituents is 1. The number of carbonyl (C=O) groups excluding carboxylic acids is 3. The SMILES string of the molecule is C[C@@]1(O)c2c(Cl)ccc(O)c2C(=O)C2C(O)[C@]3(O)C(=O)C(C(N)=O)C(O)[C@@H](N)[C@@H]3C[C@@H]21.Cl. The predicted octanol–water partition coefficient (Wildman–Crippen LogP) is -1.41. The molecule has 3 aliphatic carbocycles. The fourth-order valence-corrected chi connectivity index (χ4v) is 6.17. The highest BCUT2D eigenvalue weighted by Crippen LogP contribution is 2.57. The summed E-state index contributed by atoms with van der Waals surface area (Å²) in [5, 5.41) is 54.5. The second-order valence-corrected chi connectivity index (χ2v) is 9.29. The van der Waals surface area contributed by atoms with Crippen molar-refractivity contribution >= 4 is 41.5 Å². The van der Waals surface area contributed by atoms with Crippen molar-refractivity contribution in [3.8, 4) is 5.75 Å². The summed E-state index contributed by atoms with van der Waals surface area (Å²) < 4.78 is 0. The van der Waals surface area contributed by atoms with Crippen molar-refractivity contribution in [2.24, 2.45) is 35.1 Å². The average Bonchev–Trinajstić information content (AvgIpc) is 2.67. The highest BCUT2D eigenvalue weighted by Gasteiger charge is 2.70. The Morgan fingerprint density at radius 3 is 2.34 bits per heavy atom. The predicted molar refractivity (Wildman–Crippen MR) is 112 cm³/mol. The summed E-state index contributed by atoms with van der Waals surface area (Å²) in [6.45, 7) is 1.34. The van der Waals surface area contributed by atoms with Crippen molar-refractivity contribution in [3.63, 3.8) is 0 Å². The molecule has 9 atom stereocenters. The van der Waals surface area contributed by atoms with E-state index < -0.39 is 76.3 Å². The third-order valence-corrected chi connectivity index (χ3v) is 7.71. The van der Waals surface area contributed by atoms with Crippen LogP contribution in [0.3, 0.4) is 0 Å². The van der Waals surface area contributed by atoms with E-state index >= 15 is 0 Å². The Bertz CT molecular complexity index is 1020. The van der Waals surface area contributed by atoms with E-state index in [-0.39, 0.29) is 35.0 Å². The van der Waals surface area contributed by atoms with Gasteiger partial charge >= 0.3 is 0 Å². The molecule has 2 saturated carbocycles. The smallest absolute Gasteiger partial charge is 0.230 e. The molecule has 4 unspecified atom stereocenters. The molecule has 9 N–H and O–H groups in total. The Morgan fingerprint density at radius 2 is 1.78 bits per heavy atom. The molecule has 176 valence electrons. The number of ketones is 2. The number of phenols is 1. The van der Waals surface area contributed by atoms with Gasteiger partial charge in [-0.25, -0.2) is 0 Å². The molecule has 4 rings (SSSR count). The number of hydrogen-bond acceptors (Lipinski definition) is 9. The third kappa shape index (κ3) is 2.88. The Kier molecular flexibility index (Phi) is 5.92. The summed E-state index contributed by atoms with van der Waals surface area (Å²) >= 11 is 6.22. The van der Waals surface area contributed by atoms with Gasteiger partial charge in [-0.15, -0.1) is 12.4 Å². The Balaban J connectivity index is 0.00000289. The monoisotopic (exact) mass is 490 g/mol. The number of fused-ring (bicyclic) bond motifs is 3. The number of halogens is 2. The van der Waals surface area contributed by atoms with Crippen LogP contribution in [0.2, 0.25) is 5.02 Å². The Labute approximate surface area is 193 Å². The van der Waals surface area contributed by atoms with Gasteiger partial charge in [-0.2, -0.15) is 0 Å². The average molecular weight is 491 g/mol. The molecule has 2 fully saturated rings. The van der Waals surface area contributed by atoms with Crippen molar-refractivity contribution in [2.75, 3.05) is 0 Å². The van der Waals surface area contributed by atoms with E-state index in [4.69, 9.17) is 23.1 Å². The minimum atomic E-state index is -2.67. The van der Waals surface area contributed by atoms with E-state index in [9.17, 15) is 39.9 Å². The van der Waals surface area contributed by atoms with Crippen LogP contribution in [0.25, 0.3) is 0 Å². The molecule has 3 aliphatic rings. The lowest BCUT2D eigenvalue weighted by Crippen LogP contribution is -2.76. The second kappa shape index (κ2) is 7.63. The number of aromatic hydroxyl groups is 1. The highest BCUT2D eigenvalue weighted by atomic mass is 35.5. The van der Waals surface area contributed by atoms with Gasteiger partial charge in [0.15, 0.2) is 17.2 Å². The molecular formula is C20H24Cl2N2O8. The van der Waals surface area contributed by atoms with Crippen LogP contribution in [0.1, 0.15) is 29.3 Å². The quantitative estimate of drug-likeness (QED) is 0.230. The largest absolute Gasteiger partial charge is 0.507 e. The van der Waals surface area contributed by atoms with E-state index in [1.807, 2.05) is 0 Å². The maximum Gasteiger partial charge on any atom is 0.230 e. The number of aliphatic hydroxyl groups excluding tert-OH is 2. The lowest BCUT2D eigenvalue weighted by atomic mass is 9.49. The second-order valence-electron chi connectivity index (χ2n) is 8.89. The lowest BCUT2D eigenvalue weighted by molar-refractivity contribution is -0.221. The summed E-state index contributed by atoms with van der Waals surface area (Å²) in [5.41, 5.74) is 6.38. The maximum atomic E-state index is 13.3. The molecule has 0 radical (unpaired) electrons. The normalized spacial score (nSPS) is 42.9. The van der Waals surface area contributed by atoms with Crippen molar-refractivity contribution < 1.29 is 39.9 Å². The van der Waals surface area contributed by atoms with Crippen molar-refractivity contribution in [1.29, 1.82) is 0 Å². The van der Waals surface area contributed by atoms with E-state index in [1.165, 1.54) is 13.0 Å². The van der Waals surface area contributed by atoms with Crippen molar-refractivity contribution in [1.82, 2.24) is 0 Å². The maximum absolute atomic E-state index is 13.3. The number of nitrogens with two attached hydrogens (primary N) is 2. The van der Waals surface area contributed by atoms with E-state index in [0.717, 1.165) is 6.07 Å². The molecule has 0 bridgehead atoms. The fourth-order valence-electron chi connectivity index (χ4n) is 5.82. The van der Waals surface area contributed by atoms with Crippen LogP contribution < -0.4 is 11.5 Å². The van der Waals surface area contributed by atoms with Gasteiger partial charge in [0.1, 0.15) is 17.8 Å². The zero-order chi connectivity index (χ0) is 23.2. The number of carbonyl (C=O) groups is 3. The van der Waals surface area contributed by atoms with Crippen LogP contribution in [0.4, 0.5) is 0 Å². The van der Waals surface area contributed by atoms with Gasteiger partial charge in [0.25, 0.3) is 0 Å². The summed E-state index contributed by atoms with van der Waals surface area (Å²) in [6.07, 6.45) is -4.06. The number of amides is 1. The topological polar surface area (TPSA) is 204 Å². The molecule has 0 heterocycles. The van der Waals surface area contributed by atoms with Gasteiger partial charge in [0, 0.05) is 28.5 Å². The van der Waals surface area contributed by atoms with Gasteiger partial charge in [0.05, 0.1) is 23.2 Å². The Hall–Kier alpha value is -1.79. The summed E-state index contributed by atoms with van der Waals surface area (Å²) in [6, 6.07) is 1.11. The van der Waals surface area contributed by atoms with Gasteiger partial charge in [-0.1, -0.05) is 11.6 Å². The number of rotatable bonds is 1. The molecule has 1 aromatic rings. The molecular weight excluding hydrogens is 467 g/mol. The van der Waals surface area contributed by atoms with Gasteiger partial charge in [-0.05, 0) is 25.5 Å². The fraction of sp³-hybridized carbons (Fsp3) is 0.550. The van der Waals surface area contributed by atoms with Crippen LogP contribution in [0.5, 0.6) is 5.75 Å². The van der Waals surface area contributed by atoms with E-state index in [0.29, 0.717) is 0 Å². The molecule has 12 heteroatoms. The molecule has 0 aliphatic heterocycles. The molecule has 0 aromatic heterocycles. The zero-order valence-electron chi connectivity index (χ0n) is 16.8. The van der Waals surface area contributed by atoms with Gasteiger partial charge < -0.3 is 37.0 Å². The Morgan fingerprint density at radius 1 is 1.19 bits per heavy atom. The molecule has 0 spiro atoms. The number of Topliss-reactive ketones (excluding diaryl/α,β-unsaturated/α-hetero) is 2. The third-order valence-electron chi connectivity index (χ3n) is 7.39. The molecule has 0 saturated heterocycles. The zero-order valence-corrected chi connectivity index (χ0v) is 18.4. The van der Waals surface area contributed by atoms with Crippen LogP contribution in [-0.4, -0.2) is 66.9 Å². The lowest BCUT2D eigenvalue weighted by Gasteiger charge is -2.58. The highest BCUT2D eigenvalue weighted by molar-refractivity contribution is 6.32. The number of primary amides is 1. The minimum Gasteiger partial charge on any atom is -0.507 e. The molecule has 10 nitrogen and oxygen atoms in total. The molecule has 32 heavy (non-hydrogen) atoms. The summed E-state index contributed by atoms with van der Waals surface area (Å²) in [5.74, 6) is -9.54. The number of benzene rings is 1. The van der Waals surface area contributed by atoms with Crippen LogP contribution >= 0.6 is 24.0 Å². The van der Waals surface area contributed by atoms with Gasteiger partial charge in [0.2, 0.25) is 5.91 Å².